The summed E-state index contributed by atoms with van der Waals surface area (Å²) < 4.78 is 1.94. The lowest BCUT2D eigenvalue weighted by Gasteiger charge is -2.40. The largest absolute Gasteiger partial charge is 0.337 e. The van der Waals surface area contributed by atoms with E-state index in [1.54, 1.807) is 6.20 Å². The minimum absolute atomic E-state index is 0.0422. The van der Waals surface area contributed by atoms with Crippen LogP contribution in [0.4, 0.5) is 4.79 Å². The molecule has 6 heteroatoms. The molecule has 23 heavy (non-hydrogen) atoms. The Morgan fingerprint density at radius 2 is 2.09 bits per heavy atom. The number of aromatic nitrogens is 2. The second-order valence-corrected chi connectivity index (χ2v) is 7.38. The van der Waals surface area contributed by atoms with Crippen molar-refractivity contribution >= 4 is 6.03 Å². The molecule has 3 fully saturated rings. The van der Waals surface area contributed by atoms with E-state index >= 15 is 0 Å². The second kappa shape index (κ2) is 6.15. The van der Waals surface area contributed by atoms with Crippen molar-refractivity contribution in [1.82, 2.24) is 24.7 Å². The number of piperazine rings is 1. The molecular formula is C17H27N5O. The maximum atomic E-state index is 12.3. The molecule has 2 amide bonds. The Kier molecular flexibility index (Phi) is 4.01. The van der Waals surface area contributed by atoms with Gasteiger partial charge in [-0.15, -0.1) is 0 Å². The summed E-state index contributed by atoms with van der Waals surface area (Å²) in [5.74, 6) is 2.81. The average molecular weight is 317 g/mol. The normalized spacial score (nSPS) is 30.8. The lowest BCUT2D eigenvalue weighted by molar-refractivity contribution is 0.0826. The third-order valence-corrected chi connectivity index (χ3v) is 6.09. The summed E-state index contributed by atoms with van der Waals surface area (Å²) in [5, 5.41) is 2.99. The maximum absolute atomic E-state index is 12.3. The van der Waals surface area contributed by atoms with Crippen molar-refractivity contribution in [3.63, 3.8) is 0 Å². The standard InChI is InChI=1S/C17H27N5O/c1-20-5-4-18-16(20)12-19-17(23)22-8-6-21(7-9-22)15-11-13-2-3-14(15)10-13/h4-5,13-15H,2-3,6-12H2,1H3,(H,19,23)/t13-,14-,15-/m0/s1. The third kappa shape index (κ3) is 2.96. The second-order valence-electron chi connectivity index (χ2n) is 7.38. The Morgan fingerprint density at radius 1 is 1.26 bits per heavy atom. The fraction of sp³-hybridized carbons (Fsp3) is 0.765. The first-order valence-electron chi connectivity index (χ1n) is 8.93. The highest BCUT2D eigenvalue weighted by atomic mass is 16.2. The summed E-state index contributed by atoms with van der Waals surface area (Å²) in [6, 6.07) is 0.840. The summed E-state index contributed by atoms with van der Waals surface area (Å²) >= 11 is 0. The SMILES string of the molecule is Cn1ccnc1CNC(=O)N1CCN([C@H]2C[C@H]3CC[C@H]2C3)CC1. The summed E-state index contributed by atoms with van der Waals surface area (Å²) in [5.41, 5.74) is 0. The van der Waals surface area contributed by atoms with Gasteiger partial charge in [-0.3, -0.25) is 4.90 Å². The Labute approximate surface area is 137 Å². The van der Waals surface area contributed by atoms with Crippen LogP contribution in [0.3, 0.4) is 0 Å². The van der Waals surface area contributed by atoms with Crippen LogP contribution in [0.15, 0.2) is 12.4 Å². The molecule has 6 nitrogen and oxygen atoms in total. The van der Waals surface area contributed by atoms with E-state index in [2.05, 4.69) is 15.2 Å². The first kappa shape index (κ1) is 15.0. The van der Waals surface area contributed by atoms with Gasteiger partial charge in [-0.2, -0.15) is 0 Å². The predicted octanol–water partition coefficient (Wildman–Crippen LogP) is 1.44. The van der Waals surface area contributed by atoms with E-state index in [-0.39, 0.29) is 6.03 Å². The van der Waals surface area contributed by atoms with Crippen LogP contribution in [0.2, 0.25) is 0 Å². The number of carbonyl (C=O) groups is 1. The molecule has 1 N–H and O–H groups in total. The fourth-order valence-corrected chi connectivity index (χ4v) is 4.75. The van der Waals surface area contributed by atoms with Gasteiger partial charge in [0, 0.05) is 51.7 Å². The van der Waals surface area contributed by atoms with Crippen LogP contribution in [0.5, 0.6) is 0 Å². The lowest BCUT2D eigenvalue weighted by Crippen LogP contribution is -2.55. The molecule has 0 radical (unpaired) electrons. The van der Waals surface area contributed by atoms with Crippen molar-refractivity contribution in [3.05, 3.63) is 18.2 Å². The summed E-state index contributed by atoms with van der Waals surface area (Å²) in [6.07, 6.45) is 9.40. The molecule has 2 saturated carbocycles. The van der Waals surface area contributed by atoms with Crippen LogP contribution in [-0.2, 0) is 13.6 Å². The summed E-state index contributed by atoms with van der Waals surface area (Å²) in [7, 11) is 1.95. The smallest absolute Gasteiger partial charge is 0.317 e. The molecule has 4 rings (SSSR count). The summed E-state index contributed by atoms with van der Waals surface area (Å²) in [6.45, 7) is 4.25. The van der Waals surface area contributed by atoms with E-state index in [9.17, 15) is 4.79 Å². The van der Waals surface area contributed by atoms with Gasteiger partial charge >= 0.3 is 6.03 Å². The van der Waals surface area contributed by atoms with Crippen molar-refractivity contribution in [2.45, 2.75) is 38.3 Å². The molecule has 0 unspecified atom stereocenters. The zero-order valence-corrected chi connectivity index (χ0v) is 13.9. The molecule has 126 valence electrons. The number of nitrogens with one attached hydrogen (secondary N) is 1. The molecule has 1 aromatic heterocycles. The van der Waals surface area contributed by atoms with Crippen molar-refractivity contribution in [3.8, 4) is 0 Å². The number of rotatable bonds is 3. The van der Waals surface area contributed by atoms with E-state index in [0.717, 1.165) is 49.9 Å². The Balaban J connectivity index is 1.24. The number of carbonyl (C=O) groups excluding carboxylic acids is 1. The molecule has 1 saturated heterocycles. The van der Waals surface area contributed by atoms with E-state index in [4.69, 9.17) is 0 Å². The van der Waals surface area contributed by atoms with Crippen LogP contribution in [-0.4, -0.2) is 57.6 Å². The van der Waals surface area contributed by atoms with Gasteiger partial charge < -0.3 is 14.8 Å². The zero-order chi connectivity index (χ0) is 15.8. The van der Waals surface area contributed by atoms with Crippen LogP contribution < -0.4 is 5.32 Å². The molecular weight excluding hydrogens is 290 g/mol. The summed E-state index contributed by atoms with van der Waals surface area (Å²) in [4.78, 5) is 21.2. The van der Waals surface area contributed by atoms with Crippen LogP contribution in [0.25, 0.3) is 0 Å². The first-order valence-corrected chi connectivity index (χ1v) is 8.93. The van der Waals surface area contributed by atoms with Gasteiger partial charge in [-0.1, -0.05) is 6.42 Å². The molecule has 1 aromatic rings. The number of aryl methyl sites for hydroxylation is 1. The average Bonchev–Trinajstić information content (AvgIpc) is 3.30. The molecule has 2 aliphatic carbocycles. The van der Waals surface area contributed by atoms with Gasteiger partial charge in [0.25, 0.3) is 0 Å². The Morgan fingerprint density at radius 3 is 2.70 bits per heavy atom. The minimum atomic E-state index is 0.0422. The maximum Gasteiger partial charge on any atom is 0.317 e. The van der Waals surface area contributed by atoms with E-state index in [1.807, 2.05) is 22.7 Å². The van der Waals surface area contributed by atoms with E-state index in [0.29, 0.717) is 6.54 Å². The monoisotopic (exact) mass is 317 g/mol. The molecule has 3 aliphatic rings. The number of fused-ring (bicyclic) bond motifs is 2. The third-order valence-electron chi connectivity index (χ3n) is 6.09. The predicted molar refractivity (Wildman–Crippen MR) is 87.8 cm³/mol. The van der Waals surface area contributed by atoms with Gasteiger partial charge in [0.15, 0.2) is 0 Å². The van der Waals surface area contributed by atoms with Crippen molar-refractivity contribution in [2.75, 3.05) is 26.2 Å². The number of nitrogens with zero attached hydrogens (tertiary/aromatic N) is 4. The van der Waals surface area contributed by atoms with Crippen molar-refractivity contribution in [1.29, 1.82) is 0 Å². The van der Waals surface area contributed by atoms with Crippen molar-refractivity contribution < 1.29 is 4.79 Å². The van der Waals surface area contributed by atoms with Crippen LogP contribution in [0, 0.1) is 11.8 Å². The lowest BCUT2D eigenvalue weighted by atomic mass is 9.93. The van der Waals surface area contributed by atoms with E-state index < -0.39 is 0 Å². The van der Waals surface area contributed by atoms with Gasteiger partial charge in [-0.25, -0.2) is 9.78 Å². The van der Waals surface area contributed by atoms with Gasteiger partial charge in [0.2, 0.25) is 0 Å². The molecule has 3 atom stereocenters. The number of imidazole rings is 1. The van der Waals surface area contributed by atoms with E-state index in [1.165, 1.54) is 25.7 Å². The highest BCUT2D eigenvalue weighted by Crippen LogP contribution is 2.46. The minimum Gasteiger partial charge on any atom is -0.337 e. The first-order chi connectivity index (χ1) is 11.2. The zero-order valence-electron chi connectivity index (χ0n) is 13.9. The number of hydrogen-bond donors (Lipinski definition) is 1. The van der Waals surface area contributed by atoms with Gasteiger partial charge in [0.1, 0.15) is 5.82 Å². The fourth-order valence-electron chi connectivity index (χ4n) is 4.75. The van der Waals surface area contributed by atoms with Gasteiger partial charge in [-0.05, 0) is 31.1 Å². The topological polar surface area (TPSA) is 53.4 Å². The highest BCUT2D eigenvalue weighted by Gasteiger charge is 2.42. The van der Waals surface area contributed by atoms with Crippen LogP contribution >= 0.6 is 0 Å². The number of urea groups is 1. The highest BCUT2D eigenvalue weighted by molar-refractivity contribution is 5.74. The quantitative estimate of drug-likeness (QED) is 0.918. The number of hydrogen-bond acceptors (Lipinski definition) is 3. The van der Waals surface area contributed by atoms with Gasteiger partial charge in [0.05, 0.1) is 6.54 Å². The molecule has 2 heterocycles. The molecule has 0 spiro atoms. The Hall–Kier alpha value is -1.56. The van der Waals surface area contributed by atoms with Crippen LogP contribution in [0.1, 0.15) is 31.5 Å². The number of amides is 2. The Bertz CT molecular complexity index is 563. The van der Waals surface area contributed by atoms with Crippen molar-refractivity contribution in [2.24, 2.45) is 18.9 Å². The molecule has 1 aliphatic heterocycles. The molecule has 0 aromatic carbocycles. The molecule has 2 bridgehead atoms.